The smallest absolute Gasteiger partial charge is 0.322 e. The predicted molar refractivity (Wildman–Crippen MR) is 64.7 cm³/mol. The molecule has 4 N–H and O–H groups in total. The average Bonchev–Trinajstić information content (AvgIpc) is 2.33. The number of carbonyl (C=O) groups excluding carboxylic acids is 2. The summed E-state index contributed by atoms with van der Waals surface area (Å²) in [6, 6.07) is -0.653. The zero-order valence-electron chi connectivity index (χ0n) is 10.2. The molecule has 0 aliphatic rings. The molecule has 0 aliphatic heterocycles. The van der Waals surface area contributed by atoms with E-state index in [0.29, 0.717) is 12.8 Å². The van der Waals surface area contributed by atoms with E-state index >= 15 is 0 Å². The van der Waals surface area contributed by atoms with Crippen LogP contribution >= 0.6 is 0 Å². The van der Waals surface area contributed by atoms with E-state index in [9.17, 15) is 14.4 Å². The number of carbonyl (C=O) groups is 3. The van der Waals surface area contributed by atoms with E-state index in [1.165, 1.54) is 0 Å². The van der Waals surface area contributed by atoms with Crippen LogP contribution in [0.15, 0.2) is 0 Å². The van der Waals surface area contributed by atoms with Crippen LogP contribution in [0.25, 0.3) is 0 Å². The molecule has 3 amide bonds. The van der Waals surface area contributed by atoms with Gasteiger partial charge in [-0.25, -0.2) is 4.79 Å². The number of nitrogens with one attached hydrogen (secondary N) is 3. The number of aliphatic carboxylic acids is 1. The van der Waals surface area contributed by atoms with Crippen molar-refractivity contribution in [2.75, 3.05) is 13.1 Å². The van der Waals surface area contributed by atoms with Gasteiger partial charge in [0.2, 0.25) is 5.91 Å². The maximum Gasteiger partial charge on any atom is 0.322 e. The molecule has 1 atom stereocenters. The second-order valence-corrected chi connectivity index (χ2v) is 3.51. The Kier molecular flexibility index (Phi) is 7.77. The third kappa shape index (κ3) is 7.98. The Hall–Kier alpha value is -2.23. The first-order valence-corrected chi connectivity index (χ1v) is 5.45. The first kappa shape index (κ1) is 15.8. The summed E-state index contributed by atoms with van der Waals surface area (Å²) in [5.41, 5.74) is 0. The maximum atomic E-state index is 11.3. The summed E-state index contributed by atoms with van der Waals surface area (Å²) >= 11 is 0. The molecule has 0 aromatic heterocycles. The molecule has 0 saturated heterocycles. The molecule has 0 aromatic carbocycles. The van der Waals surface area contributed by atoms with Crippen LogP contribution in [0.3, 0.4) is 0 Å². The Balaban J connectivity index is 3.85. The van der Waals surface area contributed by atoms with Crippen molar-refractivity contribution in [1.29, 1.82) is 0 Å². The molecular formula is C11H17N3O4. The van der Waals surface area contributed by atoms with Crippen molar-refractivity contribution >= 4 is 17.9 Å². The number of hydrogen-bond acceptors (Lipinski definition) is 3. The number of carboxylic acids is 1. The Morgan fingerprint density at radius 1 is 1.28 bits per heavy atom. The lowest BCUT2D eigenvalue weighted by molar-refractivity contribution is -0.137. The van der Waals surface area contributed by atoms with E-state index in [2.05, 4.69) is 21.9 Å². The number of terminal acetylenes is 1. The van der Waals surface area contributed by atoms with E-state index in [1.54, 1.807) is 0 Å². The van der Waals surface area contributed by atoms with Crippen molar-refractivity contribution < 1.29 is 19.5 Å². The van der Waals surface area contributed by atoms with Gasteiger partial charge in [-0.15, -0.1) is 12.3 Å². The molecule has 0 fully saturated rings. The van der Waals surface area contributed by atoms with Crippen LogP contribution < -0.4 is 16.0 Å². The van der Waals surface area contributed by atoms with Gasteiger partial charge >= 0.3 is 12.0 Å². The number of hydrogen-bond donors (Lipinski definition) is 4. The highest BCUT2D eigenvalue weighted by molar-refractivity contribution is 5.86. The zero-order chi connectivity index (χ0) is 14.0. The highest BCUT2D eigenvalue weighted by Crippen LogP contribution is 1.94. The zero-order valence-corrected chi connectivity index (χ0v) is 10.2. The van der Waals surface area contributed by atoms with Crippen molar-refractivity contribution in [3.63, 3.8) is 0 Å². The van der Waals surface area contributed by atoms with Crippen LogP contribution in [0.5, 0.6) is 0 Å². The summed E-state index contributed by atoms with van der Waals surface area (Å²) in [5.74, 6) is 0.717. The summed E-state index contributed by atoms with van der Waals surface area (Å²) < 4.78 is 0. The van der Waals surface area contributed by atoms with Gasteiger partial charge in [-0.1, -0.05) is 6.92 Å². The van der Waals surface area contributed by atoms with E-state index in [-0.39, 0.29) is 12.6 Å². The van der Waals surface area contributed by atoms with Gasteiger partial charge in [-0.3, -0.25) is 9.59 Å². The molecule has 0 rings (SSSR count). The fraction of sp³-hybridized carbons (Fsp3) is 0.545. The maximum absolute atomic E-state index is 11.3. The largest absolute Gasteiger partial charge is 0.480 e. The van der Waals surface area contributed by atoms with Crippen molar-refractivity contribution in [1.82, 2.24) is 16.0 Å². The Morgan fingerprint density at radius 2 is 1.94 bits per heavy atom. The fourth-order valence-corrected chi connectivity index (χ4v) is 1.07. The number of amides is 3. The molecular weight excluding hydrogens is 238 g/mol. The number of carboxylic acid groups (broad SMARTS) is 1. The highest BCUT2D eigenvalue weighted by Gasteiger charge is 2.10. The first-order valence-electron chi connectivity index (χ1n) is 5.45. The fourth-order valence-electron chi connectivity index (χ4n) is 1.07. The predicted octanol–water partition coefficient (Wildman–Crippen LogP) is -0.712. The molecule has 0 radical (unpaired) electrons. The molecule has 0 bridgehead atoms. The molecule has 7 heteroatoms. The molecule has 0 aromatic rings. The topological polar surface area (TPSA) is 108 Å². The monoisotopic (exact) mass is 255 g/mol. The van der Waals surface area contributed by atoms with Crippen molar-refractivity contribution in [2.45, 2.75) is 25.8 Å². The van der Waals surface area contributed by atoms with Gasteiger partial charge in [0.15, 0.2) is 0 Å². The van der Waals surface area contributed by atoms with Crippen LogP contribution in [0.2, 0.25) is 0 Å². The third-order valence-corrected chi connectivity index (χ3v) is 2.04. The van der Waals surface area contributed by atoms with Crippen LogP contribution in [-0.2, 0) is 9.59 Å². The summed E-state index contributed by atoms with van der Waals surface area (Å²) in [6.07, 6.45) is 6.22. The number of rotatable bonds is 7. The summed E-state index contributed by atoms with van der Waals surface area (Å²) in [4.78, 5) is 32.6. The molecule has 1 unspecified atom stereocenters. The lowest BCUT2D eigenvalue weighted by Crippen LogP contribution is -2.46. The average molecular weight is 255 g/mol. The van der Waals surface area contributed by atoms with Crippen LogP contribution in [0.1, 0.15) is 19.8 Å². The molecule has 0 heterocycles. The van der Waals surface area contributed by atoms with Gasteiger partial charge in [0.1, 0.15) is 6.54 Å². The molecule has 7 nitrogen and oxygen atoms in total. The number of urea groups is 1. The Bertz CT molecular complexity index is 349. The van der Waals surface area contributed by atoms with Crippen LogP contribution in [0.4, 0.5) is 4.79 Å². The van der Waals surface area contributed by atoms with E-state index < -0.39 is 24.5 Å². The SMILES string of the molecule is C#CCC(CC)NC(=O)NCC(=O)NCC(=O)O. The van der Waals surface area contributed by atoms with Gasteiger partial charge in [0, 0.05) is 12.5 Å². The summed E-state index contributed by atoms with van der Waals surface area (Å²) in [6.45, 7) is 1.12. The minimum atomic E-state index is -1.15. The van der Waals surface area contributed by atoms with Gasteiger partial charge < -0.3 is 21.1 Å². The first-order chi connectivity index (χ1) is 8.49. The molecule has 0 spiro atoms. The lowest BCUT2D eigenvalue weighted by atomic mass is 10.2. The second-order valence-electron chi connectivity index (χ2n) is 3.51. The Morgan fingerprint density at radius 3 is 2.44 bits per heavy atom. The van der Waals surface area contributed by atoms with Crippen molar-refractivity contribution in [3.05, 3.63) is 0 Å². The van der Waals surface area contributed by atoms with Crippen LogP contribution in [0, 0.1) is 12.3 Å². The summed E-state index contributed by atoms with van der Waals surface area (Å²) in [7, 11) is 0. The second kappa shape index (κ2) is 8.87. The van der Waals surface area contributed by atoms with E-state index in [1.807, 2.05) is 6.92 Å². The van der Waals surface area contributed by atoms with E-state index in [0.717, 1.165) is 0 Å². The van der Waals surface area contributed by atoms with Gasteiger partial charge in [-0.05, 0) is 6.42 Å². The lowest BCUT2D eigenvalue weighted by Gasteiger charge is -2.14. The van der Waals surface area contributed by atoms with E-state index in [4.69, 9.17) is 11.5 Å². The molecule has 0 saturated carbocycles. The minimum Gasteiger partial charge on any atom is -0.480 e. The van der Waals surface area contributed by atoms with Crippen molar-refractivity contribution in [3.8, 4) is 12.3 Å². The normalized spacial score (nSPS) is 10.9. The molecule has 0 aliphatic carbocycles. The molecule has 100 valence electrons. The molecule has 18 heavy (non-hydrogen) atoms. The van der Waals surface area contributed by atoms with Gasteiger partial charge in [0.05, 0.1) is 6.54 Å². The quantitative estimate of drug-likeness (QED) is 0.451. The van der Waals surface area contributed by atoms with Gasteiger partial charge in [-0.2, -0.15) is 0 Å². The minimum absolute atomic E-state index is 0.142. The van der Waals surface area contributed by atoms with Gasteiger partial charge in [0.25, 0.3) is 0 Å². The third-order valence-electron chi connectivity index (χ3n) is 2.04. The Labute approximate surface area is 105 Å². The highest BCUT2D eigenvalue weighted by atomic mass is 16.4. The standard InChI is InChI=1S/C11H17N3O4/c1-3-5-8(4-2)14-11(18)13-6-9(15)12-7-10(16)17/h1,8H,4-7H2,2H3,(H,12,15)(H,16,17)(H2,13,14,18). The van der Waals surface area contributed by atoms with Crippen molar-refractivity contribution in [2.24, 2.45) is 0 Å². The van der Waals surface area contributed by atoms with Crippen LogP contribution in [-0.4, -0.2) is 42.1 Å². The summed E-state index contributed by atoms with van der Waals surface area (Å²) in [5, 5.41) is 15.3.